The third-order valence-electron chi connectivity index (χ3n) is 4.94. The number of hydrogen-bond acceptors (Lipinski definition) is 6. The van der Waals surface area contributed by atoms with E-state index >= 15 is 0 Å². The van der Waals surface area contributed by atoms with E-state index in [0.29, 0.717) is 5.92 Å². The Morgan fingerprint density at radius 1 is 1.03 bits per heavy atom. The molecule has 0 spiro atoms. The van der Waals surface area contributed by atoms with Gasteiger partial charge in [0.15, 0.2) is 10.9 Å². The van der Waals surface area contributed by atoms with E-state index in [2.05, 4.69) is 19.2 Å². The summed E-state index contributed by atoms with van der Waals surface area (Å²) < 4.78 is 0. The van der Waals surface area contributed by atoms with Gasteiger partial charge in [-0.1, -0.05) is 56.8 Å². The number of nitrogens with zero attached hydrogens (tertiary/aromatic N) is 1. The van der Waals surface area contributed by atoms with Gasteiger partial charge in [-0.15, -0.1) is 0 Å². The molecule has 176 valence electrons. The molecule has 8 heteroatoms. The zero-order chi connectivity index (χ0) is 24.4. The van der Waals surface area contributed by atoms with Crippen LogP contribution in [0.25, 0.3) is 0 Å². The molecule has 0 radical (unpaired) electrons. The van der Waals surface area contributed by atoms with Crippen LogP contribution in [0.4, 0.5) is 0 Å². The third-order valence-corrected chi connectivity index (χ3v) is 6.08. The van der Waals surface area contributed by atoms with Crippen LogP contribution in [0, 0.1) is 16.7 Å². The van der Waals surface area contributed by atoms with Crippen molar-refractivity contribution in [2.24, 2.45) is 5.92 Å². The molecule has 0 saturated heterocycles. The van der Waals surface area contributed by atoms with Gasteiger partial charge in [-0.2, -0.15) is 0 Å². The lowest BCUT2D eigenvalue weighted by Crippen LogP contribution is -2.42. The molecule has 32 heavy (non-hydrogen) atoms. The second kappa shape index (κ2) is 13.2. The van der Waals surface area contributed by atoms with Crippen molar-refractivity contribution >= 4 is 40.1 Å². The number of carbonyl (C=O) groups is 3. The Morgan fingerprint density at radius 2 is 1.62 bits per heavy atom. The zero-order valence-electron chi connectivity index (χ0n) is 20.0. The van der Waals surface area contributed by atoms with E-state index in [1.165, 1.54) is 12.5 Å². The second-order valence-corrected chi connectivity index (χ2v) is 9.73. The minimum absolute atomic E-state index is 0.0709. The highest BCUT2D eigenvalue weighted by molar-refractivity contribution is 8.13. The molecule has 2 atom stereocenters. The van der Waals surface area contributed by atoms with Gasteiger partial charge in [-0.05, 0) is 23.5 Å². The lowest BCUT2D eigenvalue weighted by atomic mass is 9.97. The van der Waals surface area contributed by atoms with Crippen LogP contribution in [-0.2, 0) is 20.8 Å². The van der Waals surface area contributed by atoms with Gasteiger partial charge in [0, 0.05) is 45.3 Å². The van der Waals surface area contributed by atoms with Crippen molar-refractivity contribution in [1.82, 2.24) is 10.2 Å². The van der Waals surface area contributed by atoms with Crippen LogP contribution in [-0.4, -0.2) is 59.1 Å². The van der Waals surface area contributed by atoms with Gasteiger partial charge >= 0.3 is 0 Å². The highest BCUT2D eigenvalue weighted by Gasteiger charge is 2.24. The van der Waals surface area contributed by atoms with Gasteiger partial charge in [0.05, 0.1) is 12.0 Å². The molecule has 0 saturated carbocycles. The van der Waals surface area contributed by atoms with Crippen molar-refractivity contribution in [3.63, 3.8) is 0 Å². The minimum Gasteiger partial charge on any atom is -0.366 e. The fourth-order valence-electron chi connectivity index (χ4n) is 3.06. The minimum atomic E-state index is -0.851. The molecule has 0 aliphatic carbocycles. The largest absolute Gasteiger partial charge is 0.366 e. The third kappa shape index (κ3) is 9.77. The van der Waals surface area contributed by atoms with Crippen LogP contribution in [0.3, 0.4) is 0 Å². The summed E-state index contributed by atoms with van der Waals surface area (Å²) in [5.41, 5.74) is 2.26. The van der Waals surface area contributed by atoms with Gasteiger partial charge in [-0.25, -0.2) is 0 Å². The summed E-state index contributed by atoms with van der Waals surface area (Å²) in [4.78, 5) is 38.5. The topological polar surface area (TPSA) is 114 Å². The molecule has 0 heterocycles. The van der Waals surface area contributed by atoms with Crippen molar-refractivity contribution in [1.29, 1.82) is 10.8 Å². The number of amidine groups is 1. The molecule has 0 aliphatic rings. The normalized spacial score (nSPS) is 12.7. The lowest BCUT2D eigenvalue weighted by molar-refractivity contribution is -0.125. The second-order valence-electron chi connectivity index (χ2n) is 8.71. The summed E-state index contributed by atoms with van der Waals surface area (Å²) in [5.74, 6) is -0.114. The van der Waals surface area contributed by atoms with E-state index in [1.54, 1.807) is 19.0 Å². The maximum Gasteiger partial charge on any atom is 0.217 e. The highest BCUT2D eigenvalue weighted by atomic mass is 32.2. The van der Waals surface area contributed by atoms with Crippen molar-refractivity contribution in [3.05, 3.63) is 35.4 Å². The Bertz CT molecular complexity index is 834. The monoisotopic (exact) mass is 460 g/mol. The number of carbonyl (C=O) groups excluding carboxylic acids is 3. The Kier molecular flexibility index (Phi) is 11.3. The van der Waals surface area contributed by atoms with Gasteiger partial charge < -0.3 is 15.6 Å². The lowest BCUT2D eigenvalue weighted by Gasteiger charge is -2.19. The molecule has 1 aromatic rings. The summed E-state index contributed by atoms with van der Waals surface area (Å²) in [6.45, 7) is 7.49. The van der Waals surface area contributed by atoms with Crippen LogP contribution in [0.5, 0.6) is 0 Å². The highest BCUT2D eigenvalue weighted by Crippen LogP contribution is 2.24. The summed E-state index contributed by atoms with van der Waals surface area (Å²) in [7, 11) is 3.41. The average molecular weight is 461 g/mol. The number of Topliss-reactive ketones (excluding diaryl/α,β-unsaturated/α-hetero) is 1. The van der Waals surface area contributed by atoms with Gasteiger partial charge in [0.25, 0.3) is 0 Å². The molecular weight excluding hydrogens is 424 g/mol. The standard InChI is InChI=1S/C24H36N4O3S/c1-15(2)11-18-7-9-19(10-8-18)16(3)24(31)32-14-21(27-17(4)29)22(30)12-20(25)13-23(26)28(5)6/h7-10,15-16,21,25-26H,11-14H2,1-6H3,(H,27,29)/t16-,21?/m1/s1. The fourth-order valence-corrected chi connectivity index (χ4v) is 4.04. The van der Waals surface area contributed by atoms with Crippen LogP contribution < -0.4 is 5.32 Å². The first kappa shape index (κ1) is 27.6. The van der Waals surface area contributed by atoms with Gasteiger partial charge in [0.1, 0.15) is 5.84 Å². The van der Waals surface area contributed by atoms with E-state index in [-0.39, 0.29) is 52.9 Å². The van der Waals surface area contributed by atoms with Crippen molar-refractivity contribution in [2.45, 2.75) is 58.9 Å². The number of amides is 1. The van der Waals surface area contributed by atoms with E-state index in [4.69, 9.17) is 10.8 Å². The van der Waals surface area contributed by atoms with Crippen LogP contribution >= 0.6 is 11.8 Å². The maximum absolute atomic E-state index is 12.7. The first-order valence-electron chi connectivity index (χ1n) is 10.8. The number of ketones is 1. The smallest absolute Gasteiger partial charge is 0.217 e. The molecule has 3 N–H and O–H groups in total. The van der Waals surface area contributed by atoms with Gasteiger partial charge in [0.2, 0.25) is 5.91 Å². The van der Waals surface area contributed by atoms with Crippen molar-refractivity contribution in [2.75, 3.05) is 19.8 Å². The maximum atomic E-state index is 12.7. The molecule has 1 unspecified atom stereocenters. The number of nitrogens with one attached hydrogen (secondary N) is 3. The molecule has 1 aromatic carbocycles. The summed E-state index contributed by atoms with van der Waals surface area (Å²) >= 11 is 1.02. The summed E-state index contributed by atoms with van der Waals surface area (Å²) in [5, 5.41) is 18.3. The Balaban J connectivity index is 2.71. The van der Waals surface area contributed by atoms with Crippen LogP contribution in [0.2, 0.25) is 0 Å². The Labute approximate surface area is 195 Å². The number of benzene rings is 1. The average Bonchev–Trinajstić information content (AvgIpc) is 2.69. The molecule has 1 amide bonds. The summed E-state index contributed by atoms with van der Waals surface area (Å²) in [6.07, 6.45) is 0.894. The van der Waals surface area contributed by atoms with E-state index in [9.17, 15) is 14.4 Å². The first-order valence-corrected chi connectivity index (χ1v) is 11.8. The van der Waals surface area contributed by atoms with Crippen LogP contribution in [0.1, 0.15) is 57.6 Å². The number of rotatable bonds is 12. The molecule has 0 fully saturated rings. The van der Waals surface area contributed by atoms with Crippen molar-refractivity contribution in [3.8, 4) is 0 Å². The molecule has 0 aliphatic heterocycles. The van der Waals surface area contributed by atoms with Crippen molar-refractivity contribution < 1.29 is 14.4 Å². The molecule has 0 aromatic heterocycles. The van der Waals surface area contributed by atoms with E-state index in [1.807, 2.05) is 31.2 Å². The van der Waals surface area contributed by atoms with Gasteiger partial charge in [-0.3, -0.25) is 19.8 Å². The first-order chi connectivity index (χ1) is 14.9. The van der Waals surface area contributed by atoms with E-state index in [0.717, 1.165) is 23.7 Å². The predicted molar refractivity (Wildman–Crippen MR) is 132 cm³/mol. The number of thioether (sulfide) groups is 1. The predicted octanol–water partition coefficient (Wildman–Crippen LogP) is 3.66. The molecule has 0 bridgehead atoms. The number of hydrogen-bond donors (Lipinski definition) is 3. The molecule has 1 rings (SSSR count). The molecule has 7 nitrogen and oxygen atoms in total. The SMILES string of the molecule is CC(=O)NC(CSC(=O)[C@H](C)c1ccc(CC(C)C)cc1)C(=O)CC(=N)CC(=N)N(C)C. The summed E-state index contributed by atoms with van der Waals surface area (Å²) in [6, 6.07) is 7.18. The van der Waals surface area contributed by atoms with E-state index < -0.39 is 6.04 Å². The Hall–Kier alpha value is -2.48. The Morgan fingerprint density at radius 3 is 2.12 bits per heavy atom. The van der Waals surface area contributed by atoms with Crippen LogP contribution in [0.15, 0.2) is 24.3 Å². The quantitative estimate of drug-likeness (QED) is 0.325. The molecular formula is C24H36N4O3S. The zero-order valence-corrected chi connectivity index (χ0v) is 20.8. The fraction of sp³-hybridized carbons (Fsp3) is 0.542.